The first-order valence-corrected chi connectivity index (χ1v) is 21.5. The predicted octanol–water partition coefficient (Wildman–Crippen LogP) is 11.9. The molecule has 0 spiro atoms. The first kappa shape index (κ1) is 50.5. The van der Waals surface area contributed by atoms with Crippen LogP contribution in [-0.4, -0.2) is 59.4 Å². The van der Waals surface area contributed by atoms with Crippen LogP contribution in [0.25, 0.3) is 6.08 Å². The van der Waals surface area contributed by atoms with Crippen LogP contribution in [0.5, 0.6) is 0 Å². The molecule has 0 saturated heterocycles. The van der Waals surface area contributed by atoms with E-state index in [1.54, 1.807) is 91.0 Å². The lowest BCUT2D eigenvalue weighted by Crippen LogP contribution is -2.26. The van der Waals surface area contributed by atoms with Crippen molar-refractivity contribution >= 4 is 35.9 Å². The third-order valence-corrected chi connectivity index (χ3v) is 9.35. The largest absolute Gasteiger partial charge is 0.478 e. The van der Waals surface area contributed by atoms with Crippen molar-refractivity contribution in [2.75, 3.05) is 0 Å². The van der Waals surface area contributed by atoms with Crippen molar-refractivity contribution in [3.05, 3.63) is 186 Å². The Balaban J connectivity index is 0.000000272. The summed E-state index contributed by atoms with van der Waals surface area (Å²) in [5, 5.41) is 8.29. The van der Waals surface area contributed by atoms with Crippen LogP contribution >= 0.6 is 0 Å². The van der Waals surface area contributed by atoms with E-state index in [1.807, 2.05) is 87.5 Å². The summed E-state index contributed by atoms with van der Waals surface area (Å²) >= 11 is 0. The van der Waals surface area contributed by atoms with Gasteiger partial charge in [0.05, 0.1) is 22.3 Å². The average Bonchev–Trinajstić information content (AvgIpc) is 3.30. The summed E-state index contributed by atoms with van der Waals surface area (Å²) in [6.07, 6.45) is 7.93. The van der Waals surface area contributed by atoms with E-state index < -0.39 is 5.97 Å². The molecule has 0 aliphatic heterocycles. The number of unbranched alkanes of at least 4 members (excludes halogenated alkanes) is 2. The second-order valence-electron chi connectivity index (χ2n) is 14.8. The van der Waals surface area contributed by atoms with Gasteiger partial charge < -0.3 is 24.1 Å². The highest BCUT2D eigenvalue weighted by Crippen LogP contribution is 2.19. The summed E-state index contributed by atoms with van der Waals surface area (Å²) in [5.74, 6) is -2.32. The molecule has 0 aliphatic carbocycles. The van der Waals surface area contributed by atoms with Crippen LogP contribution in [0.15, 0.2) is 158 Å². The van der Waals surface area contributed by atoms with Crippen molar-refractivity contribution in [2.45, 2.75) is 103 Å². The van der Waals surface area contributed by atoms with E-state index in [2.05, 4.69) is 6.92 Å². The number of carbonyl (C=O) groups excluding carboxylic acids is 4. The third kappa shape index (κ3) is 21.0. The third-order valence-electron chi connectivity index (χ3n) is 9.35. The topological polar surface area (TPSA) is 142 Å². The molecule has 0 heterocycles. The van der Waals surface area contributed by atoms with E-state index in [0.717, 1.165) is 50.2 Å². The number of carboxylic acid groups (broad SMARTS) is 1. The van der Waals surface area contributed by atoms with E-state index in [4.69, 9.17) is 24.1 Å². The van der Waals surface area contributed by atoms with Gasteiger partial charge in [-0.05, 0) is 93.3 Å². The molecule has 0 fully saturated rings. The second-order valence-corrected chi connectivity index (χ2v) is 14.8. The van der Waals surface area contributed by atoms with Crippen LogP contribution in [0.1, 0.15) is 126 Å². The zero-order chi connectivity index (χ0) is 45.7. The molecular weight excluding hydrogens is 797 g/mol. The lowest BCUT2D eigenvalue weighted by atomic mass is 10.0. The first-order valence-electron chi connectivity index (χ1n) is 21.5. The van der Waals surface area contributed by atoms with Gasteiger partial charge in [0.2, 0.25) is 0 Å². The molecule has 0 radical (unpaired) electrons. The fourth-order valence-corrected chi connectivity index (χ4v) is 6.20. The Hall–Kier alpha value is -6.81. The number of benzene rings is 5. The molecule has 0 saturated carbocycles. The highest BCUT2D eigenvalue weighted by atomic mass is 16.6. The fourth-order valence-electron chi connectivity index (χ4n) is 6.20. The van der Waals surface area contributed by atoms with Gasteiger partial charge in [0.1, 0.15) is 24.4 Å². The molecule has 0 amide bonds. The summed E-state index contributed by atoms with van der Waals surface area (Å²) in [6, 6.07) is 45.0. The van der Waals surface area contributed by atoms with Gasteiger partial charge >= 0.3 is 29.8 Å². The average molecular weight is 857 g/mol. The minimum Gasteiger partial charge on any atom is -0.478 e. The van der Waals surface area contributed by atoms with E-state index >= 15 is 0 Å². The monoisotopic (exact) mass is 856 g/mol. The van der Waals surface area contributed by atoms with Gasteiger partial charge in [-0.15, -0.1) is 0 Å². The Kier molecular flexibility index (Phi) is 23.6. The molecule has 10 nitrogen and oxygen atoms in total. The first-order chi connectivity index (χ1) is 30.5. The Morgan fingerprint density at radius 2 is 0.794 bits per heavy atom. The van der Waals surface area contributed by atoms with Gasteiger partial charge in [0, 0.05) is 18.9 Å². The van der Waals surface area contributed by atoms with Crippen molar-refractivity contribution < 1.29 is 48.0 Å². The molecule has 0 aliphatic rings. The van der Waals surface area contributed by atoms with Crippen molar-refractivity contribution in [3.63, 3.8) is 0 Å². The van der Waals surface area contributed by atoms with Crippen molar-refractivity contribution in [1.82, 2.24) is 0 Å². The fraction of sp³-hybridized carbons (Fsp3) is 0.302. The number of esters is 4. The van der Waals surface area contributed by atoms with E-state index in [0.29, 0.717) is 35.1 Å². The number of aliphatic carboxylic acids is 1. The summed E-state index contributed by atoms with van der Waals surface area (Å²) in [6.45, 7) is 7.82. The van der Waals surface area contributed by atoms with Crippen LogP contribution in [0, 0.1) is 0 Å². The van der Waals surface area contributed by atoms with E-state index in [-0.39, 0.29) is 48.3 Å². The number of ether oxygens (including phenoxy) is 4. The highest BCUT2D eigenvalue weighted by molar-refractivity contribution is 5.91. The van der Waals surface area contributed by atoms with Gasteiger partial charge in [-0.2, -0.15) is 0 Å². The quantitative estimate of drug-likeness (QED) is 0.0348. The minimum absolute atomic E-state index is 0.275. The summed E-state index contributed by atoms with van der Waals surface area (Å²) in [4.78, 5) is 59.0. The van der Waals surface area contributed by atoms with Crippen LogP contribution in [0.2, 0.25) is 0 Å². The maximum atomic E-state index is 12.4. The molecular formula is C53H60O10. The normalized spacial score (nSPS) is 12.4. The molecule has 5 aromatic rings. The van der Waals surface area contributed by atoms with Crippen molar-refractivity contribution in [1.29, 1.82) is 0 Å². The SMILES string of the molecule is CCCC(CC(C)OC(=O)c1ccccc1)OC(=O)c1ccccc1.CCCCCC(CC(C)OC(=O)c1ccccc1)OC(=O)c1ccccc1.O=C(O)C=Cc1ccccc1. The molecule has 10 heteroatoms. The van der Waals surface area contributed by atoms with Crippen LogP contribution < -0.4 is 0 Å². The van der Waals surface area contributed by atoms with Gasteiger partial charge in [0.15, 0.2) is 0 Å². The maximum absolute atomic E-state index is 12.4. The summed E-state index contributed by atoms with van der Waals surface area (Å²) < 4.78 is 22.3. The lowest BCUT2D eigenvalue weighted by molar-refractivity contribution is -0.131. The molecule has 63 heavy (non-hydrogen) atoms. The van der Waals surface area contributed by atoms with Crippen LogP contribution in [-0.2, 0) is 23.7 Å². The Morgan fingerprint density at radius 3 is 1.13 bits per heavy atom. The summed E-state index contributed by atoms with van der Waals surface area (Å²) in [5.41, 5.74) is 3.00. The smallest absolute Gasteiger partial charge is 0.338 e. The zero-order valence-electron chi connectivity index (χ0n) is 36.7. The summed E-state index contributed by atoms with van der Waals surface area (Å²) in [7, 11) is 0. The molecule has 5 aromatic carbocycles. The Morgan fingerprint density at radius 1 is 0.460 bits per heavy atom. The molecule has 4 atom stereocenters. The van der Waals surface area contributed by atoms with Gasteiger partial charge in [-0.3, -0.25) is 0 Å². The van der Waals surface area contributed by atoms with Crippen LogP contribution in [0.3, 0.4) is 0 Å². The molecule has 1 N–H and O–H groups in total. The maximum Gasteiger partial charge on any atom is 0.338 e. The molecule has 5 rings (SSSR count). The van der Waals surface area contributed by atoms with E-state index in [9.17, 15) is 24.0 Å². The highest BCUT2D eigenvalue weighted by Gasteiger charge is 2.23. The van der Waals surface area contributed by atoms with Crippen molar-refractivity contribution in [2.24, 2.45) is 0 Å². The van der Waals surface area contributed by atoms with Gasteiger partial charge in [0.25, 0.3) is 0 Å². The molecule has 4 unspecified atom stereocenters. The minimum atomic E-state index is -0.922. The number of rotatable bonds is 20. The molecule has 0 bridgehead atoms. The van der Waals surface area contributed by atoms with Gasteiger partial charge in [-0.25, -0.2) is 24.0 Å². The predicted molar refractivity (Wildman–Crippen MR) is 245 cm³/mol. The Labute approximate surface area is 371 Å². The lowest BCUT2D eigenvalue weighted by Gasteiger charge is -2.22. The second kappa shape index (κ2) is 29.4. The van der Waals surface area contributed by atoms with Crippen molar-refractivity contribution in [3.8, 4) is 0 Å². The standard InChI is InChI=1S/C23H28O4.C21H24O4.C9H8O2/c1-3-4-7-16-21(27-23(25)20-14-10-6-11-15-20)17-18(2)26-22(24)19-12-8-5-9-13-19;1-3-10-19(25-21(23)18-13-8-5-9-14-18)15-16(2)24-20(22)17-11-6-4-7-12-17;10-9(11)7-6-8-4-2-1-3-5-8/h5-6,8-15,18,21H,3-4,7,16-17H2,1-2H3;4-9,11-14,16,19H,3,10,15H2,1-2H3;1-7H,(H,10,11). The zero-order valence-corrected chi connectivity index (χ0v) is 36.7. The number of hydrogen-bond donors (Lipinski definition) is 1. The Bertz CT molecular complexity index is 2090. The van der Waals surface area contributed by atoms with E-state index in [1.165, 1.54) is 0 Å². The molecule has 332 valence electrons. The molecule has 0 aromatic heterocycles. The van der Waals surface area contributed by atoms with Crippen LogP contribution in [0.4, 0.5) is 0 Å². The number of carboxylic acids is 1. The number of hydrogen-bond acceptors (Lipinski definition) is 9. The van der Waals surface area contributed by atoms with Gasteiger partial charge in [-0.1, -0.05) is 136 Å². The number of carbonyl (C=O) groups is 5.